The van der Waals surface area contributed by atoms with Crippen LogP contribution in [0.3, 0.4) is 0 Å². The summed E-state index contributed by atoms with van der Waals surface area (Å²) in [6.45, 7) is 1.66. The molecular formula is C33H34N4O5. The minimum atomic E-state index is -0.867. The van der Waals surface area contributed by atoms with Gasteiger partial charge in [0, 0.05) is 18.2 Å². The first-order chi connectivity index (χ1) is 20.3. The van der Waals surface area contributed by atoms with E-state index in [0.717, 1.165) is 11.1 Å². The summed E-state index contributed by atoms with van der Waals surface area (Å²) in [7, 11) is 1.54. The topological polar surface area (TPSA) is 136 Å². The summed E-state index contributed by atoms with van der Waals surface area (Å²) in [6.07, 6.45) is 0. The highest BCUT2D eigenvalue weighted by atomic mass is 16.5. The lowest BCUT2D eigenvalue weighted by atomic mass is 10.0. The van der Waals surface area contributed by atoms with E-state index in [2.05, 4.69) is 10.6 Å². The number of rotatable bonds is 13. The maximum absolute atomic E-state index is 13.9. The number of benzene rings is 4. The van der Waals surface area contributed by atoms with Crippen LogP contribution < -0.4 is 25.8 Å². The number of amidine groups is 1. The summed E-state index contributed by atoms with van der Waals surface area (Å²) in [5, 5.41) is 14.0. The molecule has 0 spiro atoms. The predicted molar refractivity (Wildman–Crippen MR) is 162 cm³/mol. The molecule has 0 fully saturated rings. The van der Waals surface area contributed by atoms with Crippen LogP contribution in [0, 0.1) is 5.41 Å². The Morgan fingerprint density at radius 3 is 2.14 bits per heavy atom. The summed E-state index contributed by atoms with van der Waals surface area (Å²) in [6, 6.07) is 29.9. The van der Waals surface area contributed by atoms with Crippen molar-refractivity contribution in [3.8, 4) is 11.5 Å². The highest BCUT2D eigenvalue weighted by Gasteiger charge is 2.26. The first-order valence-corrected chi connectivity index (χ1v) is 13.4. The molecule has 4 aromatic carbocycles. The van der Waals surface area contributed by atoms with Gasteiger partial charge in [-0.05, 0) is 53.1 Å². The summed E-state index contributed by atoms with van der Waals surface area (Å²) in [5.41, 5.74) is 9.23. The number of hydrogen-bond acceptors (Lipinski definition) is 7. The fourth-order valence-electron chi connectivity index (χ4n) is 4.29. The van der Waals surface area contributed by atoms with Gasteiger partial charge >= 0.3 is 5.97 Å². The predicted octanol–water partition coefficient (Wildman–Crippen LogP) is 5.13. The van der Waals surface area contributed by atoms with Crippen LogP contribution in [0.15, 0.2) is 103 Å². The normalized spacial score (nSPS) is 12.0. The number of carbonyl (C=O) groups is 2. The molecular weight excluding hydrogens is 532 g/mol. The van der Waals surface area contributed by atoms with E-state index in [-0.39, 0.29) is 18.3 Å². The molecule has 4 rings (SSSR count). The third-order valence-electron chi connectivity index (χ3n) is 6.50. The Bertz CT molecular complexity index is 1490. The van der Waals surface area contributed by atoms with Gasteiger partial charge in [0.1, 0.15) is 25.1 Å². The van der Waals surface area contributed by atoms with Crippen molar-refractivity contribution in [1.29, 1.82) is 5.41 Å². The van der Waals surface area contributed by atoms with Crippen LogP contribution in [-0.4, -0.2) is 31.4 Å². The average molecular weight is 567 g/mol. The maximum atomic E-state index is 13.9. The third-order valence-corrected chi connectivity index (χ3v) is 6.50. The van der Waals surface area contributed by atoms with Gasteiger partial charge in [-0.2, -0.15) is 0 Å². The Kier molecular flexibility index (Phi) is 10.1. The zero-order valence-electron chi connectivity index (χ0n) is 23.5. The van der Waals surface area contributed by atoms with Crippen LogP contribution in [0.5, 0.6) is 11.5 Å². The van der Waals surface area contributed by atoms with Crippen LogP contribution in [0.25, 0.3) is 0 Å². The number of amides is 1. The fraction of sp³-hybridized carbons (Fsp3) is 0.182. The quantitative estimate of drug-likeness (QED) is 0.100. The second kappa shape index (κ2) is 14.4. The van der Waals surface area contributed by atoms with Crippen molar-refractivity contribution >= 4 is 23.4 Å². The number of ether oxygens (including phenoxy) is 3. The molecule has 2 atom stereocenters. The lowest BCUT2D eigenvalue weighted by Gasteiger charge is -2.25. The number of anilines is 1. The number of carbonyl (C=O) groups excluding carboxylic acids is 2. The average Bonchev–Trinajstić information content (AvgIpc) is 3.01. The van der Waals surface area contributed by atoms with Gasteiger partial charge < -0.3 is 30.6 Å². The van der Waals surface area contributed by atoms with E-state index in [1.54, 1.807) is 49.6 Å². The molecule has 9 heteroatoms. The molecule has 0 aromatic heterocycles. The summed E-state index contributed by atoms with van der Waals surface area (Å²) in [4.78, 5) is 25.5. The molecule has 0 unspecified atom stereocenters. The molecule has 0 bridgehead atoms. The highest BCUT2D eigenvalue weighted by molar-refractivity contribution is 5.95. The lowest BCUT2D eigenvalue weighted by molar-refractivity contribution is -0.142. The zero-order valence-corrected chi connectivity index (χ0v) is 23.5. The van der Waals surface area contributed by atoms with Gasteiger partial charge in [0.25, 0.3) is 0 Å². The third kappa shape index (κ3) is 8.11. The molecule has 0 heterocycles. The lowest BCUT2D eigenvalue weighted by Crippen LogP contribution is -2.38. The molecule has 5 N–H and O–H groups in total. The van der Waals surface area contributed by atoms with Crippen molar-refractivity contribution in [3.63, 3.8) is 0 Å². The van der Waals surface area contributed by atoms with Crippen molar-refractivity contribution in [2.24, 2.45) is 5.73 Å². The number of nitrogens with one attached hydrogen (secondary N) is 3. The van der Waals surface area contributed by atoms with Crippen LogP contribution >= 0.6 is 0 Å². The Hall–Kier alpha value is -5.31. The molecule has 1 amide bonds. The zero-order chi connectivity index (χ0) is 29.9. The van der Waals surface area contributed by atoms with Gasteiger partial charge in [-0.1, -0.05) is 66.7 Å². The molecule has 0 radical (unpaired) electrons. The maximum Gasteiger partial charge on any atom is 0.302 e. The van der Waals surface area contributed by atoms with E-state index in [4.69, 9.17) is 25.4 Å². The highest BCUT2D eigenvalue weighted by Crippen LogP contribution is 2.33. The second-order valence-corrected chi connectivity index (χ2v) is 9.53. The minimum absolute atomic E-state index is 0.0271. The summed E-state index contributed by atoms with van der Waals surface area (Å²) in [5.74, 6) is 0.150. The monoisotopic (exact) mass is 566 g/mol. The molecule has 4 aromatic rings. The SMILES string of the molecule is COc1cc([C@H](Nc2ccc(C(=N)N)cc2)C(=O)N[C@@H](COC(C)=O)c2ccccc2)ccc1OCc1ccccc1. The molecule has 42 heavy (non-hydrogen) atoms. The van der Waals surface area contributed by atoms with Gasteiger partial charge in [-0.3, -0.25) is 15.0 Å². The molecule has 0 saturated carbocycles. The fourth-order valence-corrected chi connectivity index (χ4v) is 4.29. The summed E-state index contributed by atoms with van der Waals surface area (Å²) < 4.78 is 16.9. The van der Waals surface area contributed by atoms with Gasteiger partial charge in [-0.15, -0.1) is 0 Å². The Balaban J connectivity index is 1.63. The second-order valence-electron chi connectivity index (χ2n) is 9.53. The van der Waals surface area contributed by atoms with E-state index in [9.17, 15) is 9.59 Å². The van der Waals surface area contributed by atoms with E-state index < -0.39 is 18.1 Å². The smallest absolute Gasteiger partial charge is 0.302 e. The summed E-state index contributed by atoms with van der Waals surface area (Å²) >= 11 is 0. The number of hydrogen-bond donors (Lipinski definition) is 4. The van der Waals surface area contributed by atoms with Crippen molar-refractivity contribution in [2.45, 2.75) is 25.6 Å². The van der Waals surface area contributed by atoms with E-state index in [1.165, 1.54) is 6.92 Å². The number of esters is 1. The standard InChI is InChI=1S/C33H34N4O5/c1-22(38)41-21-28(24-11-7-4-8-12-24)37-33(39)31(36-27-16-13-25(14-17-27)32(34)35)26-15-18-29(30(19-26)40-2)42-20-23-9-5-3-6-10-23/h3-19,28,31,36H,20-21H2,1-2H3,(H3,34,35)(H,37,39)/t28-,31-/m0/s1. The Morgan fingerprint density at radius 1 is 0.857 bits per heavy atom. The first kappa shape index (κ1) is 29.7. The van der Waals surface area contributed by atoms with E-state index in [1.807, 2.05) is 60.7 Å². The van der Waals surface area contributed by atoms with Crippen molar-refractivity contribution in [1.82, 2.24) is 5.32 Å². The van der Waals surface area contributed by atoms with Gasteiger partial charge in [0.15, 0.2) is 11.5 Å². The largest absolute Gasteiger partial charge is 0.493 e. The van der Waals surface area contributed by atoms with Crippen LogP contribution in [0.2, 0.25) is 0 Å². The Labute approximate surface area is 245 Å². The first-order valence-electron chi connectivity index (χ1n) is 13.4. The molecule has 216 valence electrons. The van der Waals surface area contributed by atoms with Gasteiger partial charge in [0.2, 0.25) is 5.91 Å². The van der Waals surface area contributed by atoms with Crippen molar-refractivity contribution in [2.75, 3.05) is 19.0 Å². The van der Waals surface area contributed by atoms with E-state index in [0.29, 0.717) is 34.9 Å². The number of methoxy groups -OCH3 is 1. The van der Waals surface area contributed by atoms with Crippen LogP contribution in [0.4, 0.5) is 5.69 Å². The Morgan fingerprint density at radius 2 is 1.52 bits per heavy atom. The van der Waals surface area contributed by atoms with Gasteiger partial charge in [0.05, 0.1) is 13.2 Å². The van der Waals surface area contributed by atoms with Crippen LogP contribution in [0.1, 0.15) is 41.3 Å². The molecule has 0 saturated heterocycles. The van der Waals surface area contributed by atoms with Crippen LogP contribution in [-0.2, 0) is 20.9 Å². The molecule has 9 nitrogen and oxygen atoms in total. The molecule has 0 aliphatic heterocycles. The van der Waals surface area contributed by atoms with Crippen molar-refractivity contribution in [3.05, 3.63) is 125 Å². The molecule has 0 aliphatic carbocycles. The van der Waals surface area contributed by atoms with Crippen molar-refractivity contribution < 1.29 is 23.8 Å². The van der Waals surface area contributed by atoms with E-state index >= 15 is 0 Å². The number of nitrogens with two attached hydrogens (primary N) is 1. The minimum Gasteiger partial charge on any atom is -0.493 e. The molecule has 0 aliphatic rings. The van der Waals surface area contributed by atoms with Gasteiger partial charge in [-0.25, -0.2) is 0 Å². The number of nitrogen functional groups attached to an aromatic ring is 1.